The van der Waals surface area contributed by atoms with Crippen LogP contribution in [0.3, 0.4) is 0 Å². The Balaban J connectivity index is 1.79. The molecule has 1 N–H and O–H groups in total. The van der Waals surface area contributed by atoms with Gasteiger partial charge in [0.25, 0.3) is 0 Å². The van der Waals surface area contributed by atoms with Crippen molar-refractivity contribution in [1.82, 2.24) is 9.55 Å². The van der Waals surface area contributed by atoms with Crippen molar-refractivity contribution in [3.05, 3.63) is 66.2 Å². The van der Waals surface area contributed by atoms with Crippen molar-refractivity contribution in [3.8, 4) is 5.75 Å². The zero-order chi connectivity index (χ0) is 16.5. The Hall–Kier alpha value is -3.14. The lowest BCUT2D eigenvalue weighted by atomic mass is 10.1. The lowest BCUT2D eigenvalue weighted by Gasteiger charge is -2.04. The molecule has 0 amide bonds. The molecule has 1 heterocycles. The van der Waals surface area contributed by atoms with Crippen LogP contribution in [0.5, 0.6) is 5.75 Å². The Kier molecular flexibility index (Phi) is 3.50. The summed E-state index contributed by atoms with van der Waals surface area (Å²) in [5.74, 6) is 0.891. The molecule has 118 valence electrons. The highest BCUT2D eigenvalue weighted by Crippen LogP contribution is 2.28. The van der Waals surface area contributed by atoms with Gasteiger partial charge in [0.05, 0.1) is 11.0 Å². The minimum Gasteiger partial charge on any atom is -0.507 e. The number of imidazole rings is 1. The van der Waals surface area contributed by atoms with E-state index in [0.717, 1.165) is 28.4 Å². The van der Waals surface area contributed by atoms with Crippen molar-refractivity contribution >= 4 is 34.0 Å². The molecule has 0 atom stereocenters. The fourth-order valence-electron chi connectivity index (χ4n) is 2.98. The molecule has 0 aliphatic heterocycles. The molecule has 24 heavy (non-hydrogen) atoms. The predicted octanol–water partition coefficient (Wildman–Crippen LogP) is 4.67. The molecule has 0 spiro atoms. The van der Waals surface area contributed by atoms with E-state index < -0.39 is 0 Å². The second kappa shape index (κ2) is 5.81. The Morgan fingerprint density at radius 1 is 1.04 bits per heavy atom. The maximum Gasteiger partial charge on any atom is 0.230 e. The highest BCUT2D eigenvalue weighted by molar-refractivity contribution is 5.97. The number of phenolic OH excluding ortho intramolecular Hbond substituents is 1. The molecule has 0 aliphatic carbocycles. The van der Waals surface area contributed by atoms with Crippen LogP contribution in [-0.4, -0.2) is 20.9 Å². The fraction of sp³-hybridized carbons (Fsp3) is 0.100. The van der Waals surface area contributed by atoms with E-state index in [-0.39, 0.29) is 5.75 Å². The molecule has 0 bridgehead atoms. The molecule has 4 nitrogen and oxygen atoms in total. The van der Waals surface area contributed by atoms with Crippen LogP contribution in [0.2, 0.25) is 0 Å². The lowest BCUT2D eigenvalue weighted by Crippen LogP contribution is -1.93. The number of aliphatic imine (C=N–C) groups is 1. The van der Waals surface area contributed by atoms with Gasteiger partial charge in [-0.05, 0) is 30.5 Å². The Bertz CT molecular complexity index is 1060. The Morgan fingerprint density at radius 3 is 2.71 bits per heavy atom. The maximum absolute atomic E-state index is 10.5. The first kappa shape index (κ1) is 14.5. The van der Waals surface area contributed by atoms with Gasteiger partial charge in [0.2, 0.25) is 5.95 Å². The van der Waals surface area contributed by atoms with Crippen LogP contribution in [0.25, 0.3) is 21.8 Å². The average molecular weight is 315 g/mol. The van der Waals surface area contributed by atoms with Crippen LogP contribution in [-0.2, 0) is 6.54 Å². The van der Waals surface area contributed by atoms with Gasteiger partial charge in [-0.2, -0.15) is 0 Å². The van der Waals surface area contributed by atoms with E-state index >= 15 is 0 Å². The van der Waals surface area contributed by atoms with E-state index in [1.54, 1.807) is 6.21 Å². The van der Waals surface area contributed by atoms with Gasteiger partial charge in [-0.15, -0.1) is 0 Å². The molecule has 0 radical (unpaired) electrons. The summed E-state index contributed by atoms with van der Waals surface area (Å²) < 4.78 is 2.06. The van der Waals surface area contributed by atoms with Gasteiger partial charge in [-0.1, -0.05) is 42.5 Å². The summed E-state index contributed by atoms with van der Waals surface area (Å²) in [4.78, 5) is 9.09. The molecular formula is C20H17N3O. The van der Waals surface area contributed by atoms with E-state index in [2.05, 4.69) is 21.5 Å². The van der Waals surface area contributed by atoms with Crippen LogP contribution in [0.15, 0.2) is 65.7 Å². The molecule has 4 rings (SSSR count). The van der Waals surface area contributed by atoms with E-state index in [9.17, 15) is 5.11 Å². The lowest BCUT2D eigenvalue weighted by molar-refractivity contribution is 0.481. The molecule has 0 aliphatic rings. The number of aromatic nitrogens is 2. The first-order chi connectivity index (χ1) is 11.8. The van der Waals surface area contributed by atoms with Crippen LogP contribution in [0.1, 0.15) is 12.5 Å². The summed E-state index contributed by atoms with van der Waals surface area (Å²) in [5.41, 5.74) is 2.67. The smallest absolute Gasteiger partial charge is 0.230 e. The number of fused-ring (bicyclic) bond motifs is 2. The summed E-state index contributed by atoms with van der Waals surface area (Å²) in [5, 5.41) is 12.3. The fourth-order valence-corrected chi connectivity index (χ4v) is 2.98. The standard InChI is InChI=1S/C20H17N3O/c1-2-23-18-10-6-5-9-17(18)22-20(23)21-13-15-12-11-14-7-3-4-8-16(14)19(15)24/h3-13,24H,2H2,1H3/b21-13+. The third kappa shape index (κ3) is 2.33. The number of rotatable bonds is 3. The first-order valence-corrected chi connectivity index (χ1v) is 7.98. The molecule has 4 aromatic rings. The number of hydrogen-bond donors (Lipinski definition) is 1. The van der Waals surface area contributed by atoms with E-state index in [1.807, 2.05) is 60.7 Å². The largest absolute Gasteiger partial charge is 0.507 e. The molecule has 0 unspecified atom stereocenters. The van der Waals surface area contributed by atoms with Crippen LogP contribution in [0.4, 0.5) is 5.95 Å². The van der Waals surface area contributed by atoms with Gasteiger partial charge in [0.15, 0.2) is 0 Å². The number of aromatic hydroxyl groups is 1. The maximum atomic E-state index is 10.5. The van der Waals surface area contributed by atoms with Gasteiger partial charge in [-0.25, -0.2) is 9.98 Å². The third-order valence-electron chi connectivity index (χ3n) is 4.20. The average Bonchev–Trinajstić information content (AvgIpc) is 2.99. The summed E-state index contributed by atoms with van der Waals surface area (Å²) in [7, 11) is 0. The number of phenols is 1. The van der Waals surface area contributed by atoms with Crippen molar-refractivity contribution in [3.63, 3.8) is 0 Å². The quantitative estimate of drug-likeness (QED) is 0.559. The Labute approximate surface area is 139 Å². The summed E-state index contributed by atoms with van der Waals surface area (Å²) in [6.07, 6.45) is 1.68. The van der Waals surface area contributed by atoms with Crippen molar-refractivity contribution in [2.45, 2.75) is 13.5 Å². The molecule has 0 saturated carbocycles. The van der Waals surface area contributed by atoms with E-state index in [1.165, 1.54) is 0 Å². The van der Waals surface area contributed by atoms with Crippen LogP contribution >= 0.6 is 0 Å². The summed E-state index contributed by atoms with van der Waals surface area (Å²) in [6.45, 7) is 2.86. The van der Waals surface area contributed by atoms with Crippen molar-refractivity contribution in [1.29, 1.82) is 0 Å². The second-order valence-electron chi connectivity index (χ2n) is 5.63. The zero-order valence-electron chi connectivity index (χ0n) is 13.3. The number of aryl methyl sites for hydroxylation is 1. The second-order valence-corrected chi connectivity index (χ2v) is 5.63. The molecular weight excluding hydrogens is 298 g/mol. The highest BCUT2D eigenvalue weighted by atomic mass is 16.3. The van der Waals surface area contributed by atoms with Crippen molar-refractivity contribution in [2.75, 3.05) is 0 Å². The minimum absolute atomic E-state index is 0.246. The van der Waals surface area contributed by atoms with Gasteiger partial charge in [0, 0.05) is 23.7 Å². The number of nitrogens with zero attached hydrogens (tertiary/aromatic N) is 3. The minimum atomic E-state index is 0.246. The van der Waals surface area contributed by atoms with Gasteiger partial charge in [-0.3, -0.25) is 0 Å². The highest BCUT2D eigenvalue weighted by Gasteiger charge is 2.08. The molecule has 0 saturated heterocycles. The Morgan fingerprint density at radius 2 is 1.83 bits per heavy atom. The van der Waals surface area contributed by atoms with E-state index in [0.29, 0.717) is 11.5 Å². The van der Waals surface area contributed by atoms with Gasteiger partial charge in [0.1, 0.15) is 5.75 Å². The number of benzene rings is 3. The predicted molar refractivity (Wildman–Crippen MR) is 98.3 cm³/mol. The van der Waals surface area contributed by atoms with Gasteiger partial charge < -0.3 is 9.67 Å². The van der Waals surface area contributed by atoms with Crippen LogP contribution in [0, 0.1) is 0 Å². The van der Waals surface area contributed by atoms with Crippen molar-refractivity contribution in [2.24, 2.45) is 4.99 Å². The topological polar surface area (TPSA) is 50.4 Å². The van der Waals surface area contributed by atoms with Crippen LogP contribution < -0.4 is 0 Å². The zero-order valence-corrected chi connectivity index (χ0v) is 13.3. The number of hydrogen-bond acceptors (Lipinski definition) is 3. The first-order valence-electron chi connectivity index (χ1n) is 7.98. The normalized spacial score (nSPS) is 11.7. The molecule has 0 fully saturated rings. The van der Waals surface area contributed by atoms with E-state index in [4.69, 9.17) is 0 Å². The monoisotopic (exact) mass is 315 g/mol. The SMILES string of the molecule is CCn1c(/N=C/c2ccc3ccccc3c2O)nc2ccccc21. The number of para-hydroxylation sites is 2. The molecule has 4 heteroatoms. The molecule has 1 aromatic heterocycles. The molecule has 3 aromatic carbocycles. The van der Waals surface area contributed by atoms with Crippen molar-refractivity contribution < 1.29 is 5.11 Å². The third-order valence-corrected chi connectivity index (χ3v) is 4.20. The summed E-state index contributed by atoms with van der Waals surface area (Å²) >= 11 is 0. The summed E-state index contributed by atoms with van der Waals surface area (Å²) in [6, 6.07) is 19.6. The van der Waals surface area contributed by atoms with Gasteiger partial charge >= 0.3 is 0 Å².